The van der Waals surface area contributed by atoms with Crippen LogP contribution in [-0.4, -0.2) is 36.5 Å². The number of nitriles is 1. The summed E-state index contributed by atoms with van der Waals surface area (Å²) in [5.41, 5.74) is 3.11. The van der Waals surface area contributed by atoms with Gasteiger partial charge in [-0.3, -0.25) is 4.90 Å². The van der Waals surface area contributed by atoms with Gasteiger partial charge < -0.3 is 10.6 Å². The second kappa shape index (κ2) is 12.6. The summed E-state index contributed by atoms with van der Waals surface area (Å²) in [6.07, 6.45) is 2.21. The number of likely N-dealkylation sites (tertiary alicyclic amines) is 1. The van der Waals surface area contributed by atoms with Crippen LogP contribution in [0.1, 0.15) is 49.4 Å². The maximum absolute atomic E-state index is 9.06. The van der Waals surface area contributed by atoms with Crippen molar-refractivity contribution in [1.82, 2.24) is 15.5 Å². The van der Waals surface area contributed by atoms with Gasteiger partial charge in [-0.25, -0.2) is 4.99 Å². The van der Waals surface area contributed by atoms with E-state index in [1.165, 1.54) is 5.56 Å². The standard InChI is InChI=1S/C24H31N5.HI/c1-3-26-24(27-18-21-9-7-8-20(16-21)17-25)28-23-12-14-29(15-13-23)19(2)22-10-5-4-6-11-22;/h4-11,16,19,23H,3,12-15,18H2,1-2H3,(H2,26,27,28);1H. The predicted molar refractivity (Wildman–Crippen MR) is 134 cm³/mol. The lowest BCUT2D eigenvalue weighted by Crippen LogP contribution is -2.49. The highest BCUT2D eigenvalue weighted by Crippen LogP contribution is 2.24. The van der Waals surface area contributed by atoms with E-state index < -0.39 is 0 Å². The zero-order valence-corrected chi connectivity index (χ0v) is 20.2. The highest BCUT2D eigenvalue weighted by Gasteiger charge is 2.23. The van der Waals surface area contributed by atoms with Crippen LogP contribution in [0.25, 0.3) is 0 Å². The highest BCUT2D eigenvalue weighted by atomic mass is 127. The van der Waals surface area contributed by atoms with Crippen LogP contribution in [0.5, 0.6) is 0 Å². The molecule has 1 aliphatic heterocycles. The fourth-order valence-corrected chi connectivity index (χ4v) is 3.80. The third-order valence-electron chi connectivity index (χ3n) is 5.52. The summed E-state index contributed by atoms with van der Waals surface area (Å²) in [5.74, 6) is 0.851. The van der Waals surface area contributed by atoms with Gasteiger partial charge in [-0.2, -0.15) is 5.26 Å². The van der Waals surface area contributed by atoms with Gasteiger partial charge in [0.25, 0.3) is 0 Å². The molecule has 6 heteroatoms. The Bertz CT molecular complexity index is 838. The van der Waals surface area contributed by atoms with Crippen molar-refractivity contribution in [2.45, 2.75) is 45.3 Å². The van der Waals surface area contributed by atoms with Crippen molar-refractivity contribution in [3.8, 4) is 6.07 Å². The van der Waals surface area contributed by atoms with Gasteiger partial charge in [0.15, 0.2) is 5.96 Å². The van der Waals surface area contributed by atoms with Crippen LogP contribution in [-0.2, 0) is 6.54 Å². The van der Waals surface area contributed by atoms with Crippen LogP contribution < -0.4 is 10.6 Å². The van der Waals surface area contributed by atoms with E-state index in [0.29, 0.717) is 24.2 Å². The molecule has 0 saturated carbocycles. The SMILES string of the molecule is CCNC(=NCc1cccc(C#N)c1)NC1CCN(C(C)c2ccccc2)CC1.I. The molecule has 0 aliphatic carbocycles. The summed E-state index contributed by atoms with van der Waals surface area (Å²) >= 11 is 0. The molecule has 0 radical (unpaired) electrons. The van der Waals surface area contributed by atoms with Crippen LogP contribution in [0.4, 0.5) is 0 Å². The minimum Gasteiger partial charge on any atom is -0.357 e. The lowest BCUT2D eigenvalue weighted by molar-refractivity contribution is 0.158. The lowest BCUT2D eigenvalue weighted by atomic mass is 10.0. The van der Waals surface area contributed by atoms with E-state index in [-0.39, 0.29) is 24.0 Å². The first-order chi connectivity index (χ1) is 14.2. The van der Waals surface area contributed by atoms with Crippen molar-refractivity contribution in [2.75, 3.05) is 19.6 Å². The predicted octanol–water partition coefficient (Wildman–Crippen LogP) is 4.46. The van der Waals surface area contributed by atoms with Gasteiger partial charge in [-0.1, -0.05) is 42.5 Å². The van der Waals surface area contributed by atoms with Crippen LogP contribution in [0.2, 0.25) is 0 Å². The molecule has 30 heavy (non-hydrogen) atoms. The molecule has 0 amide bonds. The molecule has 5 nitrogen and oxygen atoms in total. The number of rotatable bonds is 6. The molecule has 1 atom stereocenters. The van der Waals surface area contributed by atoms with E-state index in [4.69, 9.17) is 10.3 Å². The topological polar surface area (TPSA) is 63.5 Å². The minimum absolute atomic E-state index is 0. The molecular weight excluding hydrogens is 485 g/mol. The monoisotopic (exact) mass is 517 g/mol. The van der Waals surface area contributed by atoms with E-state index >= 15 is 0 Å². The summed E-state index contributed by atoms with van der Waals surface area (Å²) in [6.45, 7) is 7.93. The fraction of sp³-hybridized carbons (Fsp3) is 0.417. The number of piperidine rings is 1. The highest BCUT2D eigenvalue weighted by molar-refractivity contribution is 14.0. The number of hydrogen-bond acceptors (Lipinski definition) is 3. The van der Waals surface area contributed by atoms with Crippen LogP contribution in [0.15, 0.2) is 59.6 Å². The number of guanidine groups is 1. The van der Waals surface area contributed by atoms with E-state index in [2.05, 4.69) is 65.8 Å². The Balaban J connectivity index is 0.00000320. The first kappa shape index (κ1) is 24.2. The molecule has 2 N–H and O–H groups in total. The maximum Gasteiger partial charge on any atom is 0.191 e. The van der Waals surface area contributed by atoms with Gasteiger partial charge in [0, 0.05) is 31.7 Å². The van der Waals surface area contributed by atoms with Crippen molar-refractivity contribution in [3.05, 3.63) is 71.3 Å². The first-order valence-electron chi connectivity index (χ1n) is 10.5. The maximum atomic E-state index is 9.06. The average molecular weight is 517 g/mol. The van der Waals surface area contributed by atoms with E-state index in [1.54, 1.807) is 0 Å². The average Bonchev–Trinajstić information content (AvgIpc) is 2.78. The van der Waals surface area contributed by atoms with Crippen molar-refractivity contribution in [3.63, 3.8) is 0 Å². The fourth-order valence-electron chi connectivity index (χ4n) is 3.80. The van der Waals surface area contributed by atoms with Crippen molar-refractivity contribution < 1.29 is 0 Å². The molecule has 1 saturated heterocycles. The first-order valence-corrected chi connectivity index (χ1v) is 10.5. The largest absolute Gasteiger partial charge is 0.357 e. The van der Waals surface area contributed by atoms with E-state index in [0.717, 1.165) is 44.0 Å². The normalized spacial score (nSPS) is 16.2. The molecule has 1 aliphatic rings. The van der Waals surface area contributed by atoms with Crippen LogP contribution in [0, 0.1) is 11.3 Å². The lowest BCUT2D eigenvalue weighted by Gasteiger charge is -2.37. The Morgan fingerprint density at radius 2 is 1.90 bits per heavy atom. The quantitative estimate of drug-likeness (QED) is 0.338. The minimum atomic E-state index is 0. The number of benzene rings is 2. The molecule has 3 rings (SSSR count). The molecule has 1 heterocycles. The Labute approximate surface area is 197 Å². The second-order valence-electron chi connectivity index (χ2n) is 7.55. The van der Waals surface area contributed by atoms with Gasteiger partial charge in [-0.05, 0) is 49.9 Å². The van der Waals surface area contributed by atoms with E-state index in [1.807, 2.05) is 24.3 Å². The summed E-state index contributed by atoms with van der Waals surface area (Å²) < 4.78 is 0. The van der Waals surface area contributed by atoms with Gasteiger partial charge in [-0.15, -0.1) is 24.0 Å². The number of nitrogens with one attached hydrogen (secondary N) is 2. The molecule has 1 unspecified atom stereocenters. The number of nitrogens with zero attached hydrogens (tertiary/aromatic N) is 3. The van der Waals surface area contributed by atoms with Crippen molar-refractivity contribution in [2.24, 2.45) is 4.99 Å². The third-order valence-corrected chi connectivity index (χ3v) is 5.52. The molecular formula is C24H32IN5. The van der Waals surface area contributed by atoms with Gasteiger partial charge in [0.05, 0.1) is 18.2 Å². The van der Waals surface area contributed by atoms with Gasteiger partial charge in [0.1, 0.15) is 0 Å². The molecule has 2 aromatic rings. The Morgan fingerprint density at radius 1 is 1.17 bits per heavy atom. The van der Waals surface area contributed by atoms with Crippen LogP contribution >= 0.6 is 24.0 Å². The van der Waals surface area contributed by atoms with Gasteiger partial charge in [0.2, 0.25) is 0 Å². The molecule has 2 aromatic carbocycles. The van der Waals surface area contributed by atoms with Crippen molar-refractivity contribution in [1.29, 1.82) is 5.26 Å². The molecule has 1 fully saturated rings. The zero-order chi connectivity index (χ0) is 20.5. The number of hydrogen-bond donors (Lipinski definition) is 2. The summed E-state index contributed by atoms with van der Waals surface area (Å²) in [7, 11) is 0. The summed E-state index contributed by atoms with van der Waals surface area (Å²) in [4.78, 5) is 7.29. The van der Waals surface area contributed by atoms with Gasteiger partial charge >= 0.3 is 0 Å². The van der Waals surface area contributed by atoms with Crippen molar-refractivity contribution >= 4 is 29.9 Å². The molecule has 0 aromatic heterocycles. The summed E-state index contributed by atoms with van der Waals surface area (Å²) in [6, 6.07) is 21.4. The Hall–Kier alpha value is -2.11. The number of aliphatic imine (C=N–C) groups is 1. The molecule has 160 valence electrons. The molecule has 0 bridgehead atoms. The van der Waals surface area contributed by atoms with Crippen LogP contribution in [0.3, 0.4) is 0 Å². The van der Waals surface area contributed by atoms with E-state index in [9.17, 15) is 0 Å². The Kier molecular flexibility index (Phi) is 10.1. The summed E-state index contributed by atoms with van der Waals surface area (Å²) in [5, 5.41) is 16.0. The smallest absolute Gasteiger partial charge is 0.191 e. The zero-order valence-electron chi connectivity index (χ0n) is 17.8. The number of halogens is 1. The third kappa shape index (κ3) is 6.99. The molecule has 0 spiro atoms. The Morgan fingerprint density at radius 3 is 2.57 bits per heavy atom. The second-order valence-corrected chi connectivity index (χ2v) is 7.55.